The fraction of sp³-hybridized carbons (Fsp3) is 0.833. The van der Waals surface area contributed by atoms with Crippen molar-refractivity contribution in [3.63, 3.8) is 0 Å². The zero-order chi connectivity index (χ0) is 11.6. The van der Waals surface area contributed by atoms with Gasteiger partial charge in [0.25, 0.3) is 0 Å². The smallest absolute Gasteiger partial charge is 0.409 e. The first kappa shape index (κ1) is 10.1. The third-order valence-corrected chi connectivity index (χ3v) is 5.00. The molecule has 1 saturated heterocycles. The number of Topliss-reactive ketones (excluding diaryl/α,β-unsaturated/α-hetero) is 1. The number of carbonyl (C=O) groups excluding carboxylic acids is 2. The summed E-state index contributed by atoms with van der Waals surface area (Å²) in [6.07, 6.45) is 3.09. The molecule has 3 aliphatic rings. The predicted molar refractivity (Wildman–Crippen MR) is 56.9 cm³/mol. The Balaban J connectivity index is 1.91. The van der Waals surface area contributed by atoms with Crippen LogP contribution in [0, 0.1) is 10.8 Å². The Bertz CT molecular complexity index is 380. The van der Waals surface area contributed by atoms with Crippen LogP contribution in [-0.2, 0) is 9.53 Å². The van der Waals surface area contributed by atoms with E-state index in [1.54, 1.807) is 4.90 Å². The van der Waals surface area contributed by atoms with E-state index in [0.717, 1.165) is 13.0 Å². The van der Waals surface area contributed by atoms with Crippen LogP contribution in [0.4, 0.5) is 4.79 Å². The van der Waals surface area contributed by atoms with Crippen LogP contribution in [0.25, 0.3) is 0 Å². The largest absolute Gasteiger partial charge is 0.453 e. The van der Waals surface area contributed by atoms with Gasteiger partial charge < -0.3 is 9.64 Å². The molecule has 2 saturated carbocycles. The van der Waals surface area contributed by atoms with Crippen molar-refractivity contribution in [2.45, 2.75) is 38.6 Å². The van der Waals surface area contributed by atoms with E-state index in [0.29, 0.717) is 18.6 Å². The molecule has 0 aromatic rings. The van der Waals surface area contributed by atoms with Crippen LogP contribution >= 0.6 is 0 Å². The molecule has 16 heavy (non-hydrogen) atoms. The molecule has 3 fully saturated rings. The highest BCUT2D eigenvalue weighted by Gasteiger charge is 2.75. The second-order valence-corrected chi connectivity index (χ2v) is 5.75. The Morgan fingerprint density at radius 2 is 2.31 bits per heavy atom. The minimum atomic E-state index is -0.271. The Kier molecular flexibility index (Phi) is 1.76. The van der Waals surface area contributed by atoms with Crippen molar-refractivity contribution in [1.82, 2.24) is 4.90 Å². The van der Waals surface area contributed by atoms with Gasteiger partial charge >= 0.3 is 6.09 Å². The molecular weight excluding hydrogens is 206 g/mol. The molecule has 0 N–H and O–H groups in total. The summed E-state index contributed by atoms with van der Waals surface area (Å²) in [5, 5.41) is 0. The minimum Gasteiger partial charge on any atom is -0.453 e. The fourth-order valence-corrected chi connectivity index (χ4v) is 4.02. The highest BCUT2D eigenvalue weighted by atomic mass is 16.5. The first-order valence-electron chi connectivity index (χ1n) is 5.89. The lowest BCUT2D eigenvalue weighted by molar-refractivity contribution is -0.122. The number of hydrogen-bond acceptors (Lipinski definition) is 3. The summed E-state index contributed by atoms with van der Waals surface area (Å²) >= 11 is 0. The van der Waals surface area contributed by atoms with Gasteiger partial charge in [0.1, 0.15) is 5.78 Å². The lowest BCUT2D eigenvalue weighted by atomic mass is 9.78. The van der Waals surface area contributed by atoms with Crippen LogP contribution in [0.5, 0.6) is 0 Å². The molecule has 1 aliphatic heterocycles. The van der Waals surface area contributed by atoms with Crippen LogP contribution in [0.1, 0.15) is 32.6 Å². The summed E-state index contributed by atoms with van der Waals surface area (Å²) in [4.78, 5) is 25.0. The predicted octanol–water partition coefficient (Wildman–Crippen LogP) is 1.59. The summed E-state index contributed by atoms with van der Waals surface area (Å²) in [5.41, 5.74) is 0.474. The Morgan fingerprint density at radius 3 is 3.00 bits per heavy atom. The maximum Gasteiger partial charge on any atom is 0.409 e. The quantitative estimate of drug-likeness (QED) is 0.626. The van der Waals surface area contributed by atoms with E-state index < -0.39 is 0 Å². The van der Waals surface area contributed by atoms with E-state index in [2.05, 4.69) is 6.92 Å². The molecule has 0 aromatic carbocycles. The highest BCUT2D eigenvalue weighted by molar-refractivity contribution is 5.82. The van der Waals surface area contributed by atoms with Crippen molar-refractivity contribution in [2.24, 2.45) is 10.8 Å². The molecule has 1 heterocycles. The van der Waals surface area contributed by atoms with Crippen molar-refractivity contribution in [1.29, 1.82) is 0 Å². The van der Waals surface area contributed by atoms with Gasteiger partial charge in [0.2, 0.25) is 0 Å². The van der Waals surface area contributed by atoms with Crippen molar-refractivity contribution in [3.05, 3.63) is 0 Å². The number of ether oxygens (including phenoxy) is 1. The van der Waals surface area contributed by atoms with Gasteiger partial charge in [-0.2, -0.15) is 0 Å². The van der Waals surface area contributed by atoms with Crippen LogP contribution in [0.15, 0.2) is 0 Å². The van der Waals surface area contributed by atoms with Crippen LogP contribution in [0.2, 0.25) is 0 Å². The molecule has 4 nitrogen and oxygen atoms in total. The molecule has 0 bridgehead atoms. The maximum atomic E-state index is 11.7. The van der Waals surface area contributed by atoms with Crippen LogP contribution in [-0.4, -0.2) is 36.5 Å². The van der Waals surface area contributed by atoms with Crippen molar-refractivity contribution >= 4 is 11.9 Å². The number of rotatable bonds is 0. The number of piperidine rings is 1. The van der Waals surface area contributed by atoms with E-state index in [1.165, 1.54) is 13.5 Å². The van der Waals surface area contributed by atoms with E-state index in [-0.39, 0.29) is 23.0 Å². The normalized spacial score (nSPS) is 45.0. The summed E-state index contributed by atoms with van der Waals surface area (Å²) in [6, 6.07) is 0.103. The third-order valence-electron chi connectivity index (χ3n) is 5.00. The summed E-state index contributed by atoms with van der Waals surface area (Å²) in [7, 11) is 1.41. The number of methoxy groups -OCH3 is 1. The first-order valence-corrected chi connectivity index (χ1v) is 5.89. The van der Waals surface area contributed by atoms with Gasteiger partial charge in [-0.05, 0) is 23.7 Å². The number of carbonyl (C=O) groups is 2. The Labute approximate surface area is 94.9 Å². The summed E-state index contributed by atoms with van der Waals surface area (Å²) in [6.45, 7) is 3.00. The van der Waals surface area contributed by atoms with E-state index >= 15 is 0 Å². The fourth-order valence-electron chi connectivity index (χ4n) is 4.02. The summed E-state index contributed by atoms with van der Waals surface area (Å²) in [5.74, 6) is 0.292. The van der Waals surface area contributed by atoms with E-state index in [1.807, 2.05) is 0 Å². The second-order valence-electron chi connectivity index (χ2n) is 5.75. The molecule has 88 valence electrons. The van der Waals surface area contributed by atoms with Gasteiger partial charge in [-0.1, -0.05) is 6.92 Å². The standard InChI is InChI=1S/C12H17NO3/c1-11-6-12(11)4-3-8(14)5-9(12)13(7-11)10(15)16-2/h9H,3-7H2,1-2H3/t9-,11-,12+/m1/s1. The SMILES string of the molecule is COC(=O)N1C[C@@]2(C)C[C@]23CCC(=O)C[C@@H]13. The molecule has 1 spiro atoms. The van der Waals surface area contributed by atoms with Crippen molar-refractivity contribution in [3.8, 4) is 0 Å². The molecule has 2 aliphatic carbocycles. The lowest BCUT2D eigenvalue weighted by Gasteiger charge is -2.33. The molecule has 0 aromatic heterocycles. The maximum absolute atomic E-state index is 11.7. The molecule has 0 unspecified atom stereocenters. The third kappa shape index (κ3) is 1.00. The average molecular weight is 223 g/mol. The van der Waals surface area contributed by atoms with Crippen LogP contribution < -0.4 is 0 Å². The Hall–Kier alpha value is -1.06. The zero-order valence-corrected chi connectivity index (χ0v) is 9.78. The lowest BCUT2D eigenvalue weighted by Crippen LogP contribution is -2.44. The number of ketones is 1. The molecular formula is C12H17NO3. The van der Waals surface area contributed by atoms with Gasteiger partial charge in [0.05, 0.1) is 7.11 Å². The molecule has 0 radical (unpaired) electrons. The first-order chi connectivity index (χ1) is 7.52. The van der Waals surface area contributed by atoms with Gasteiger partial charge in [-0.3, -0.25) is 4.79 Å². The minimum absolute atomic E-state index is 0.103. The number of hydrogen-bond donors (Lipinski definition) is 0. The van der Waals surface area contributed by atoms with Crippen molar-refractivity contribution < 1.29 is 14.3 Å². The highest BCUT2D eigenvalue weighted by Crippen LogP contribution is 2.74. The van der Waals surface area contributed by atoms with Gasteiger partial charge in [0, 0.05) is 25.4 Å². The topological polar surface area (TPSA) is 46.6 Å². The van der Waals surface area contributed by atoms with Gasteiger partial charge in [-0.25, -0.2) is 4.79 Å². The van der Waals surface area contributed by atoms with Gasteiger partial charge in [0.15, 0.2) is 0 Å². The Morgan fingerprint density at radius 1 is 1.56 bits per heavy atom. The summed E-state index contributed by atoms with van der Waals surface area (Å²) < 4.78 is 4.80. The second kappa shape index (κ2) is 2.79. The van der Waals surface area contributed by atoms with E-state index in [9.17, 15) is 9.59 Å². The molecule has 3 rings (SSSR count). The molecule has 4 heteroatoms. The zero-order valence-electron chi connectivity index (χ0n) is 9.78. The van der Waals surface area contributed by atoms with E-state index in [4.69, 9.17) is 4.74 Å². The molecule has 3 atom stereocenters. The van der Waals surface area contributed by atoms with Crippen molar-refractivity contribution in [2.75, 3.05) is 13.7 Å². The number of nitrogens with zero attached hydrogens (tertiary/aromatic N) is 1. The van der Waals surface area contributed by atoms with Crippen LogP contribution in [0.3, 0.4) is 0 Å². The number of amides is 1. The monoisotopic (exact) mass is 223 g/mol. The molecule has 1 amide bonds. The number of likely N-dealkylation sites (tertiary alicyclic amines) is 1. The van der Waals surface area contributed by atoms with Gasteiger partial charge in [-0.15, -0.1) is 0 Å². The average Bonchev–Trinajstić information content (AvgIpc) is 2.76.